The molecule has 1 heterocycles. The summed E-state index contributed by atoms with van der Waals surface area (Å²) in [6.07, 6.45) is 1.93. The number of hydrogen-bond donors (Lipinski definition) is 2. The summed E-state index contributed by atoms with van der Waals surface area (Å²) in [7, 11) is -4.10. The van der Waals surface area contributed by atoms with Crippen molar-refractivity contribution in [3.8, 4) is 11.5 Å². The summed E-state index contributed by atoms with van der Waals surface area (Å²) in [6, 6.07) is 11.8. The van der Waals surface area contributed by atoms with Crippen molar-refractivity contribution in [1.82, 2.24) is 0 Å². The molecule has 1 aliphatic heterocycles. The normalized spacial score (nSPS) is 17.3. The molecule has 0 aromatic heterocycles. The third-order valence-electron chi connectivity index (χ3n) is 4.04. The zero-order valence-corrected chi connectivity index (χ0v) is 17.4. The molecule has 0 bridgehead atoms. The molecule has 1 atom stereocenters. The highest BCUT2D eigenvalue weighted by Gasteiger charge is 2.30. The maximum Gasteiger partial charge on any atom is 0.241 e. The highest BCUT2D eigenvalue weighted by Crippen LogP contribution is 2.42. The molecule has 1 fully saturated rings. The first-order valence-electron chi connectivity index (χ1n) is 7.85. The number of thiocarbonyl (C=S) groups is 1. The number of primary sulfonamides is 1. The average molecular weight is 504 g/mol. The Labute approximate surface area is 171 Å². The van der Waals surface area contributed by atoms with E-state index in [0.29, 0.717) is 11.4 Å². The third-order valence-corrected chi connectivity index (χ3v) is 6.49. The van der Waals surface area contributed by atoms with Crippen LogP contribution < -0.4 is 14.8 Å². The Kier molecular flexibility index (Phi) is 5.70. The number of para-hydroxylation sites is 1. The molecule has 3 N–H and O–H groups in total. The van der Waals surface area contributed by atoms with Gasteiger partial charge in [-0.05, 0) is 49.3 Å². The number of benzene rings is 2. The van der Waals surface area contributed by atoms with E-state index >= 15 is 0 Å². The fourth-order valence-electron chi connectivity index (χ4n) is 2.84. The highest BCUT2D eigenvalue weighted by atomic mass is 127. The minimum absolute atomic E-state index is 0.141. The summed E-state index contributed by atoms with van der Waals surface area (Å²) in [5.41, 5.74) is 0.763. The van der Waals surface area contributed by atoms with Gasteiger partial charge in [0.25, 0.3) is 0 Å². The average Bonchev–Trinajstić information content (AvgIpc) is 3.00. The first-order valence-corrected chi connectivity index (χ1v) is 11.0. The minimum Gasteiger partial charge on any atom is -0.499 e. The summed E-state index contributed by atoms with van der Waals surface area (Å²) >= 11 is 7.14. The Morgan fingerprint density at radius 1 is 1.31 bits per heavy atom. The molecule has 0 aliphatic carbocycles. The number of sulfonamides is 1. The van der Waals surface area contributed by atoms with Crippen molar-refractivity contribution in [2.24, 2.45) is 5.14 Å². The fraction of sp³-hybridized carbons (Fsp3) is 0.235. The van der Waals surface area contributed by atoms with E-state index in [2.05, 4.69) is 22.6 Å². The molecule has 2 aromatic carbocycles. The lowest BCUT2D eigenvalue weighted by Gasteiger charge is -2.27. The van der Waals surface area contributed by atoms with Gasteiger partial charge < -0.3 is 14.7 Å². The Morgan fingerprint density at radius 3 is 2.54 bits per heavy atom. The minimum atomic E-state index is -4.10. The largest absolute Gasteiger partial charge is 0.499 e. The monoisotopic (exact) mass is 504 g/mol. The van der Waals surface area contributed by atoms with Crippen LogP contribution in [0.5, 0.6) is 11.5 Å². The van der Waals surface area contributed by atoms with Gasteiger partial charge in [0.15, 0.2) is 10.8 Å². The zero-order chi connectivity index (χ0) is 18.9. The predicted molar refractivity (Wildman–Crippen MR) is 113 cm³/mol. The van der Waals surface area contributed by atoms with Gasteiger partial charge in [-0.15, -0.1) is 0 Å². The van der Waals surface area contributed by atoms with Crippen LogP contribution in [0.15, 0.2) is 47.4 Å². The second kappa shape index (κ2) is 7.67. The first kappa shape index (κ1) is 19.3. The van der Waals surface area contributed by atoms with Crippen LogP contribution >= 0.6 is 34.8 Å². The Balaban J connectivity index is 2.24. The topological polar surface area (TPSA) is 92.9 Å². The van der Waals surface area contributed by atoms with Crippen molar-refractivity contribution < 1.29 is 18.3 Å². The van der Waals surface area contributed by atoms with Crippen molar-refractivity contribution in [2.75, 3.05) is 11.4 Å². The number of rotatable bonds is 5. The van der Waals surface area contributed by atoms with E-state index in [1.807, 2.05) is 11.0 Å². The third kappa shape index (κ3) is 4.11. The molecular weight excluding hydrogens is 487 g/mol. The lowest BCUT2D eigenvalue weighted by atomic mass is 10.1. The highest BCUT2D eigenvalue weighted by molar-refractivity contribution is 14.1. The number of halogens is 1. The quantitative estimate of drug-likeness (QED) is 0.279. The molecule has 0 amide bonds. The van der Waals surface area contributed by atoms with Crippen molar-refractivity contribution in [2.45, 2.75) is 21.8 Å². The Morgan fingerprint density at radius 2 is 2.00 bits per heavy atom. The second-order valence-electron chi connectivity index (χ2n) is 5.86. The fourth-order valence-corrected chi connectivity index (χ4v) is 4.67. The van der Waals surface area contributed by atoms with Crippen LogP contribution in [-0.2, 0) is 10.0 Å². The summed E-state index contributed by atoms with van der Waals surface area (Å²) < 4.78 is 30.5. The molecule has 3 rings (SSSR count). The lowest BCUT2D eigenvalue weighted by Crippen LogP contribution is -2.26. The molecule has 6 nitrogen and oxygen atoms in total. The number of aliphatic hydroxyl groups is 1. The van der Waals surface area contributed by atoms with Gasteiger partial charge >= 0.3 is 0 Å². The summed E-state index contributed by atoms with van der Waals surface area (Å²) in [4.78, 5) is 1.83. The predicted octanol–water partition coefficient (Wildman–Crippen LogP) is 3.72. The summed E-state index contributed by atoms with van der Waals surface area (Å²) in [5, 5.41) is 14.8. The van der Waals surface area contributed by atoms with Gasteiger partial charge in [0.05, 0.1) is 9.74 Å². The molecule has 1 saturated heterocycles. The van der Waals surface area contributed by atoms with Gasteiger partial charge in [0.2, 0.25) is 10.0 Å². The number of nitrogens with zero attached hydrogens (tertiary/aromatic N) is 1. The van der Waals surface area contributed by atoms with E-state index in [0.717, 1.165) is 19.4 Å². The molecule has 0 spiro atoms. The van der Waals surface area contributed by atoms with Gasteiger partial charge in [-0.25, -0.2) is 13.6 Å². The number of nitrogens with two attached hydrogens (primary N) is 1. The van der Waals surface area contributed by atoms with Crippen LogP contribution in [-0.4, -0.2) is 29.2 Å². The SMILES string of the molecule is NS(=O)(=O)c1cc(C(O)=S)cc(N2CCCC2I)c1Oc1ccccc1. The first-order chi connectivity index (χ1) is 12.3. The zero-order valence-electron chi connectivity index (χ0n) is 13.6. The molecule has 0 radical (unpaired) electrons. The molecule has 2 aromatic rings. The van der Waals surface area contributed by atoms with E-state index in [1.54, 1.807) is 30.3 Å². The standard InChI is InChI=1S/C17H17IN2O4S2/c18-15-7-4-8-20(15)13-9-11(17(21)25)10-14(26(19,22)23)16(13)24-12-5-2-1-3-6-12/h1-3,5-6,9-10,15H,4,7-8H2,(H,21,25)(H2,19,22,23). The second-order valence-corrected chi connectivity index (χ2v) is 9.21. The van der Waals surface area contributed by atoms with Crippen LogP contribution in [0.3, 0.4) is 0 Å². The molecule has 0 saturated carbocycles. The molecular formula is C17H17IN2O4S2. The molecule has 26 heavy (non-hydrogen) atoms. The van der Waals surface area contributed by atoms with Crippen molar-refractivity contribution >= 4 is 55.6 Å². The van der Waals surface area contributed by atoms with Crippen LogP contribution in [0, 0.1) is 0 Å². The van der Waals surface area contributed by atoms with Gasteiger partial charge in [0, 0.05) is 12.1 Å². The number of anilines is 1. The lowest BCUT2D eigenvalue weighted by molar-refractivity contribution is 0.467. The molecule has 138 valence electrons. The van der Waals surface area contributed by atoms with Crippen molar-refractivity contribution in [3.63, 3.8) is 0 Å². The molecule has 9 heteroatoms. The van der Waals surface area contributed by atoms with E-state index < -0.39 is 15.1 Å². The Hall–Kier alpha value is -1.43. The van der Waals surface area contributed by atoms with Crippen molar-refractivity contribution in [3.05, 3.63) is 48.0 Å². The molecule has 1 aliphatic rings. The number of hydrogen-bond acceptors (Lipinski definition) is 5. The Bertz CT molecular complexity index is 935. The number of ether oxygens (including phenoxy) is 1. The molecule has 1 unspecified atom stereocenters. The maximum atomic E-state index is 12.2. The van der Waals surface area contributed by atoms with Gasteiger partial charge in [-0.1, -0.05) is 40.8 Å². The maximum absolute atomic E-state index is 12.2. The smallest absolute Gasteiger partial charge is 0.241 e. The van der Waals surface area contributed by atoms with Gasteiger partial charge in [-0.3, -0.25) is 0 Å². The van der Waals surface area contributed by atoms with Gasteiger partial charge in [-0.2, -0.15) is 0 Å². The van der Waals surface area contributed by atoms with E-state index in [1.165, 1.54) is 6.07 Å². The van der Waals surface area contributed by atoms with E-state index in [9.17, 15) is 13.5 Å². The van der Waals surface area contributed by atoms with Crippen LogP contribution in [0.2, 0.25) is 0 Å². The number of alkyl halides is 1. The summed E-state index contributed by atoms with van der Waals surface area (Å²) in [6.45, 7) is 0.741. The van der Waals surface area contributed by atoms with Crippen LogP contribution in [0.25, 0.3) is 0 Å². The van der Waals surface area contributed by atoms with Crippen LogP contribution in [0.4, 0.5) is 5.69 Å². The number of aliphatic hydroxyl groups excluding tert-OH is 1. The van der Waals surface area contributed by atoms with Gasteiger partial charge in [0.1, 0.15) is 10.6 Å². The van der Waals surface area contributed by atoms with Crippen LogP contribution in [0.1, 0.15) is 18.4 Å². The van der Waals surface area contributed by atoms with E-state index in [4.69, 9.17) is 22.1 Å². The summed E-state index contributed by atoms with van der Waals surface area (Å²) in [5.74, 6) is 0.629. The van der Waals surface area contributed by atoms with Crippen molar-refractivity contribution in [1.29, 1.82) is 0 Å². The van der Waals surface area contributed by atoms with E-state index in [-0.39, 0.29) is 20.3 Å².